The molecule has 0 aliphatic carbocycles. The average molecular weight is 270 g/mol. The molecule has 0 aliphatic rings. The number of carbonyl (C=O) groups is 1. The second-order valence-electron chi connectivity index (χ2n) is 3.63. The molecule has 106 valence electrons. The minimum atomic E-state index is -0.316. The predicted octanol–water partition coefficient (Wildman–Crippen LogP) is 2.02. The van der Waals surface area contributed by atoms with Gasteiger partial charge < -0.3 is 24.1 Å². The van der Waals surface area contributed by atoms with Gasteiger partial charge in [-0.1, -0.05) is 6.92 Å². The number of rotatable bonds is 6. The first-order chi connectivity index (χ1) is 9.06. The molecule has 0 atom stereocenters. The van der Waals surface area contributed by atoms with Crippen LogP contribution in [0.25, 0.3) is 0 Å². The van der Waals surface area contributed by atoms with Crippen molar-refractivity contribution in [3.8, 4) is 28.7 Å². The van der Waals surface area contributed by atoms with Crippen LogP contribution in [0.4, 0.5) is 0 Å². The van der Waals surface area contributed by atoms with Gasteiger partial charge in [-0.3, -0.25) is 4.79 Å². The molecule has 0 saturated heterocycles. The van der Waals surface area contributed by atoms with Crippen molar-refractivity contribution in [2.24, 2.45) is 0 Å². The molecule has 6 heteroatoms. The zero-order chi connectivity index (χ0) is 14.6. The van der Waals surface area contributed by atoms with Crippen LogP contribution in [-0.2, 0) is 0 Å². The summed E-state index contributed by atoms with van der Waals surface area (Å²) in [4.78, 5) is 12.0. The maximum absolute atomic E-state index is 12.0. The molecule has 0 spiro atoms. The third-order valence-corrected chi connectivity index (χ3v) is 2.71. The smallest absolute Gasteiger partial charge is 0.211 e. The second kappa shape index (κ2) is 6.17. The van der Waals surface area contributed by atoms with Gasteiger partial charge in [0.2, 0.25) is 17.2 Å². The topological polar surface area (TPSA) is 74.2 Å². The number of carbonyl (C=O) groups excluding carboxylic acids is 1. The maximum Gasteiger partial charge on any atom is 0.211 e. The lowest BCUT2D eigenvalue weighted by atomic mass is 10.0. The zero-order valence-electron chi connectivity index (χ0n) is 11.7. The van der Waals surface area contributed by atoms with Crippen molar-refractivity contribution in [3.63, 3.8) is 0 Å². The van der Waals surface area contributed by atoms with Gasteiger partial charge in [0.25, 0.3) is 0 Å². The highest BCUT2D eigenvalue weighted by Crippen LogP contribution is 2.53. The van der Waals surface area contributed by atoms with Crippen molar-refractivity contribution >= 4 is 5.78 Å². The Kier molecular flexibility index (Phi) is 4.86. The normalized spacial score (nSPS) is 9.95. The molecule has 1 aromatic rings. The first-order valence-electron chi connectivity index (χ1n) is 5.69. The Morgan fingerprint density at radius 1 is 0.895 bits per heavy atom. The molecule has 0 radical (unpaired) electrons. The predicted molar refractivity (Wildman–Crippen MR) is 68.9 cm³/mol. The summed E-state index contributed by atoms with van der Waals surface area (Å²) in [6.07, 6.45) is 0.211. The van der Waals surface area contributed by atoms with Gasteiger partial charge in [0, 0.05) is 6.42 Å². The van der Waals surface area contributed by atoms with Crippen LogP contribution in [0.2, 0.25) is 0 Å². The van der Waals surface area contributed by atoms with Gasteiger partial charge in [-0.25, -0.2) is 0 Å². The van der Waals surface area contributed by atoms with Crippen molar-refractivity contribution in [2.75, 3.05) is 28.4 Å². The van der Waals surface area contributed by atoms with Crippen molar-refractivity contribution in [1.82, 2.24) is 0 Å². The molecular formula is C13H18O6. The fraction of sp³-hybridized carbons (Fsp3) is 0.462. The summed E-state index contributed by atoms with van der Waals surface area (Å²) in [6.45, 7) is 1.68. The van der Waals surface area contributed by atoms with Crippen LogP contribution in [0, 0.1) is 0 Å². The van der Waals surface area contributed by atoms with E-state index < -0.39 is 0 Å². The van der Waals surface area contributed by atoms with Gasteiger partial charge in [0.15, 0.2) is 17.3 Å². The number of phenolic OH excluding ortho intramolecular Hbond substituents is 1. The van der Waals surface area contributed by atoms with Crippen LogP contribution in [0.1, 0.15) is 23.7 Å². The summed E-state index contributed by atoms with van der Waals surface area (Å²) in [7, 11) is 5.57. The minimum absolute atomic E-state index is 0.0273. The molecule has 0 fully saturated rings. The summed E-state index contributed by atoms with van der Waals surface area (Å²) >= 11 is 0. The lowest BCUT2D eigenvalue weighted by Gasteiger charge is -2.19. The first-order valence-corrected chi connectivity index (χ1v) is 5.69. The van der Waals surface area contributed by atoms with Crippen molar-refractivity contribution in [1.29, 1.82) is 0 Å². The third-order valence-electron chi connectivity index (χ3n) is 2.71. The van der Waals surface area contributed by atoms with E-state index >= 15 is 0 Å². The lowest BCUT2D eigenvalue weighted by molar-refractivity contribution is 0.0980. The molecule has 0 saturated carbocycles. The number of ketones is 1. The first kappa shape index (κ1) is 14.9. The molecule has 0 amide bonds. The number of hydrogen-bond donors (Lipinski definition) is 1. The Hall–Kier alpha value is -2.11. The Bertz CT molecular complexity index is 481. The highest BCUT2D eigenvalue weighted by atomic mass is 16.5. The minimum Gasteiger partial charge on any atom is -0.504 e. The molecule has 0 heterocycles. The number of Topliss-reactive ketones (excluding diaryl/α,β-unsaturated/α-hetero) is 1. The summed E-state index contributed by atoms with van der Waals surface area (Å²) in [5.41, 5.74) is 0.0273. The largest absolute Gasteiger partial charge is 0.504 e. The van der Waals surface area contributed by atoms with Gasteiger partial charge in [-0.15, -0.1) is 0 Å². The van der Waals surface area contributed by atoms with Gasteiger partial charge >= 0.3 is 0 Å². The molecular weight excluding hydrogens is 252 g/mol. The van der Waals surface area contributed by atoms with E-state index in [1.165, 1.54) is 28.4 Å². The van der Waals surface area contributed by atoms with Crippen LogP contribution >= 0.6 is 0 Å². The van der Waals surface area contributed by atoms with Crippen molar-refractivity contribution < 1.29 is 28.8 Å². The van der Waals surface area contributed by atoms with Crippen LogP contribution in [0.15, 0.2) is 0 Å². The standard InChI is InChI=1S/C13H18O6/c1-6-7(14)8-9(15)11(17-3)13(19-5)12(18-4)10(8)16-2/h15H,6H2,1-5H3. The summed E-state index contributed by atoms with van der Waals surface area (Å²) in [5.74, 6) is -0.0534. The van der Waals surface area contributed by atoms with E-state index in [1.54, 1.807) is 6.92 Å². The van der Waals surface area contributed by atoms with Crippen LogP contribution in [-0.4, -0.2) is 39.3 Å². The molecule has 0 aromatic heterocycles. The van der Waals surface area contributed by atoms with E-state index in [2.05, 4.69) is 0 Å². The van der Waals surface area contributed by atoms with E-state index in [-0.39, 0.29) is 46.5 Å². The number of ether oxygens (including phenoxy) is 4. The number of hydrogen-bond acceptors (Lipinski definition) is 6. The number of methoxy groups -OCH3 is 4. The molecule has 1 aromatic carbocycles. The molecule has 1 N–H and O–H groups in total. The summed E-state index contributed by atoms with van der Waals surface area (Å²) in [6, 6.07) is 0. The highest BCUT2D eigenvalue weighted by molar-refractivity contribution is 6.03. The Morgan fingerprint density at radius 3 is 1.68 bits per heavy atom. The second-order valence-corrected chi connectivity index (χ2v) is 3.63. The zero-order valence-corrected chi connectivity index (χ0v) is 11.7. The molecule has 0 aliphatic heterocycles. The van der Waals surface area contributed by atoms with Crippen LogP contribution < -0.4 is 18.9 Å². The monoisotopic (exact) mass is 270 g/mol. The molecule has 1 rings (SSSR count). The summed E-state index contributed by atoms with van der Waals surface area (Å²) in [5, 5.41) is 10.2. The van der Waals surface area contributed by atoms with E-state index in [1.807, 2.05) is 0 Å². The van der Waals surface area contributed by atoms with Gasteiger partial charge in [0.1, 0.15) is 5.56 Å². The third kappa shape index (κ3) is 2.38. The van der Waals surface area contributed by atoms with Crippen molar-refractivity contribution in [2.45, 2.75) is 13.3 Å². The summed E-state index contributed by atoms with van der Waals surface area (Å²) < 4.78 is 20.6. The molecule has 0 unspecified atom stereocenters. The quantitative estimate of drug-likeness (QED) is 0.797. The SMILES string of the molecule is CCC(=O)c1c(O)c(OC)c(OC)c(OC)c1OC. The fourth-order valence-electron chi connectivity index (χ4n) is 1.84. The Balaban J connectivity index is 3.77. The number of aromatic hydroxyl groups is 1. The van der Waals surface area contributed by atoms with Crippen LogP contribution in [0.3, 0.4) is 0 Å². The number of benzene rings is 1. The maximum atomic E-state index is 12.0. The van der Waals surface area contributed by atoms with E-state index in [0.717, 1.165) is 0 Å². The Morgan fingerprint density at radius 2 is 1.32 bits per heavy atom. The van der Waals surface area contributed by atoms with Gasteiger partial charge in [0.05, 0.1) is 28.4 Å². The van der Waals surface area contributed by atoms with Gasteiger partial charge in [-0.05, 0) is 0 Å². The van der Waals surface area contributed by atoms with Crippen molar-refractivity contribution in [3.05, 3.63) is 5.56 Å². The van der Waals surface area contributed by atoms with E-state index in [0.29, 0.717) is 0 Å². The fourth-order valence-corrected chi connectivity index (χ4v) is 1.84. The van der Waals surface area contributed by atoms with Gasteiger partial charge in [-0.2, -0.15) is 0 Å². The Labute approximate surface area is 111 Å². The van der Waals surface area contributed by atoms with E-state index in [4.69, 9.17) is 18.9 Å². The van der Waals surface area contributed by atoms with Crippen LogP contribution in [0.5, 0.6) is 28.7 Å². The van der Waals surface area contributed by atoms with E-state index in [9.17, 15) is 9.90 Å². The molecule has 6 nitrogen and oxygen atoms in total. The average Bonchev–Trinajstić information content (AvgIpc) is 2.44. The molecule has 19 heavy (non-hydrogen) atoms. The molecule has 0 bridgehead atoms. The highest BCUT2D eigenvalue weighted by Gasteiger charge is 2.30. The lowest BCUT2D eigenvalue weighted by Crippen LogP contribution is -2.06. The number of phenols is 1.